The highest BCUT2D eigenvalue weighted by atomic mass is 16.6. The van der Waals surface area contributed by atoms with Crippen LogP contribution in [-0.2, 0) is 14.3 Å². The van der Waals surface area contributed by atoms with Crippen LogP contribution in [0.15, 0.2) is 36.5 Å². The quantitative estimate of drug-likeness (QED) is 0.237. The Labute approximate surface area is 171 Å². The van der Waals surface area contributed by atoms with Gasteiger partial charge in [0.05, 0.1) is 0 Å². The molecule has 4 nitrogen and oxygen atoms in total. The lowest BCUT2D eigenvalue weighted by Crippen LogP contribution is -2.41. The van der Waals surface area contributed by atoms with E-state index in [1.165, 1.54) is 25.7 Å². The Morgan fingerprint density at radius 1 is 0.929 bits per heavy atom. The molecule has 1 rings (SSSR count). The number of unbranched alkanes of at least 4 members (excludes halogenated alkanes) is 5. The van der Waals surface area contributed by atoms with Gasteiger partial charge in [0.25, 0.3) is 0 Å². The number of hydrogen-bond acceptors (Lipinski definition) is 3. The monoisotopic (exact) mass is 389 g/mol. The molecule has 1 amide bonds. The van der Waals surface area contributed by atoms with Crippen molar-refractivity contribution < 1.29 is 14.3 Å². The predicted molar refractivity (Wildman–Crippen MR) is 116 cm³/mol. The zero-order chi connectivity index (χ0) is 20.6. The van der Waals surface area contributed by atoms with E-state index in [2.05, 4.69) is 48.7 Å². The fraction of sp³-hybridized carbons (Fsp3) is 0.667. The van der Waals surface area contributed by atoms with Gasteiger partial charge in [0.2, 0.25) is 5.91 Å². The Balaban J connectivity index is 2.00. The van der Waals surface area contributed by atoms with E-state index in [9.17, 15) is 9.59 Å². The number of carbonyl (C=O) groups is 2. The van der Waals surface area contributed by atoms with E-state index in [-0.39, 0.29) is 23.9 Å². The van der Waals surface area contributed by atoms with Gasteiger partial charge in [-0.1, -0.05) is 63.1 Å². The van der Waals surface area contributed by atoms with E-state index in [4.69, 9.17) is 4.74 Å². The summed E-state index contributed by atoms with van der Waals surface area (Å²) in [5.74, 6) is -0.335. The summed E-state index contributed by atoms with van der Waals surface area (Å²) in [6, 6.07) is -0.486. The van der Waals surface area contributed by atoms with Crippen LogP contribution in [0.5, 0.6) is 0 Å². The van der Waals surface area contributed by atoms with Crippen molar-refractivity contribution in [2.75, 3.05) is 0 Å². The number of allylic oxidation sites excluding steroid dienone is 6. The molecule has 0 aromatic carbocycles. The van der Waals surface area contributed by atoms with Gasteiger partial charge in [-0.25, -0.2) is 4.79 Å². The predicted octanol–water partition coefficient (Wildman–Crippen LogP) is 5.64. The molecule has 0 radical (unpaired) electrons. The van der Waals surface area contributed by atoms with Crippen molar-refractivity contribution >= 4 is 11.9 Å². The molecule has 1 heterocycles. The van der Waals surface area contributed by atoms with Crippen LogP contribution in [0.3, 0.4) is 0 Å². The van der Waals surface area contributed by atoms with Crippen LogP contribution in [0.1, 0.15) is 85.0 Å². The average Bonchev–Trinajstić information content (AvgIpc) is 2.91. The Morgan fingerprint density at radius 2 is 1.50 bits per heavy atom. The molecule has 28 heavy (non-hydrogen) atoms. The molecule has 0 unspecified atom stereocenters. The van der Waals surface area contributed by atoms with E-state index in [1.807, 2.05) is 13.8 Å². The number of amides is 1. The number of carbonyl (C=O) groups excluding carboxylic acids is 2. The first-order valence-corrected chi connectivity index (χ1v) is 11.0. The summed E-state index contributed by atoms with van der Waals surface area (Å²) < 4.78 is 5.15. The van der Waals surface area contributed by atoms with Crippen molar-refractivity contribution in [3.05, 3.63) is 36.5 Å². The minimum atomic E-state index is -0.486. The molecule has 0 aromatic heterocycles. The van der Waals surface area contributed by atoms with Crippen LogP contribution in [-0.4, -0.2) is 24.0 Å². The third-order valence-electron chi connectivity index (χ3n) is 5.18. The van der Waals surface area contributed by atoms with Gasteiger partial charge in [-0.05, 0) is 51.9 Å². The van der Waals surface area contributed by atoms with E-state index in [1.54, 1.807) is 0 Å². The zero-order valence-electron chi connectivity index (χ0n) is 18.0. The number of ether oxygens (including phenoxy) is 1. The summed E-state index contributed by atoms with van der Waals surface area (Å²) in [6.07, 6.45) is 23.5. The highest BCUT2D eigenvalue weighted by Crippen LogP contribution is 2.21. The summed E-state index contributed by atoms with van der Waals surface area (Å²) in [5, 5.41) is 2.81. The molecule has 158 valence electrons. The first-order valence-electron chi connectivity index (χ1n) is 11.0. The topological polar surface area (TPSA) is 55.4 Å². The van der Waals surface area contributed by atoms with Crippen LogP contribution in [0, 0.1) is 5.92 Å². The van der Waals surface area contributed by atoms with Gasteiger partial charge in [-0.2, -0.15) is 0 Å². The lowest BCUT2D eigenvalue weighted by atomic mass is 10.00. The third-order valence-corrected chi connectivity index (χ3v) is 5.18. The van der Waals surface area contributed by atoms with Crippen molar-refractivity contribution in [3.63, 3.8) is 0 Å². The second kappa shape index (κ2) is 15.1. The molecular formula is C24H39NO3. The molecule has 0 spiro atoms. The fourth-order valence-electron chi connectivity index (χ4n) is 3.12. The van der Waals surface area contributed by atoms with Gasteiger partial charge in [-0.15, -0.1) is 0 Å². The average molecular weight is 390 g/mol. The van der Waals surface area contributed by atoms with Gasteiger partial charge in [-0.3, -0.25) is 4.79 Å². The largest absolute Gasteiger partial charge is 0.461 e. The normalized spacial score (nSPS) is 22.5. The fourth-order valence-corrected chi connectivity index (χ4v) is 3.12. The smallest absolute Gasteiger partial charge is 0.329 e. The van der Waals surface area contributed by atoms with Crippen LogP contribution in [0.2, 0.25) is 0 Å². The van der Waals surface area contributed by atoms with Gasteiger partial charge in [0, 0.05) is 12.3 Å². The molecular weight excluding hydrogens is 350 g/mol. The Hall–Kier alpha value is -1.84. The maximum atomic E-state index is 12.0. The summed E-state index contributed by atoms with van der Waals surface area (Å²) >= 11 is 0. The number of hydrogen-bond donors (Lipinski definition) is 1. The van der Waals surface area contributed by atoms with Gasteiger partial charge < -0.3 is 10.1 Å². The molecule has 1 saturated heterocycles. The number of nitrogens with one attached hydrogen (secondary N) is 1. The minimum absolute atomic E-state index is 0.0315. The van der Waals surface area contributed by atoms with Crippen LogP contribution < -0.4 is 5.32 Å². The second-order valence-electron chi connectivity index (χ2n) is 7.67. The second-order valence-corrected chi connectivity index (χ2v) is 7.67. The van der Waals surface area contributed by atoms with Crippen molar-refractivity contribution in [3.8, 4) is 0 Å². The molecule has 1 aliphatic rings. The molecule has 1 aliphatic heterocycles. The molecule has 3 atom stereocenters. The number of rotatable bonds is 14. The van der Waals surface area contributed by atoms with Crippen LogP contribution in [0.4, 0.5) is 0 Å². The highest BCUT2D eigenvalue weighted by Gasteiger charge is 2.39. The lowest BCUT2D eigenvalue weighted by Gasteiger charge is -2.14. The molecule has 0 saturated carbocycles. The maximum absolute atomic E-state index is 12.0. The van der Waals surface area contributed by atoms with E-state index in [0.29, 0.717) is 6.42 Å². The van der Waals surface area contributed by atoms with Crippen LogP contribution >= 0.6 is 0 Å². The standard InChI is InChI=1S/C24H39NO3/c1-4-5-6-7-8-9-10-11-12-13-14-15-16-17-18-19-22(26)25-23-20(2)21(3)28-24(23)27/h8-9,11-12,14-15,20-21,23H,4-7,10,13,16-19H2,1-3H3,(H,25,26)/b9-8-,12-11-,15-14+/t20-,21-,23+/m0/s1. The number of esters is 1. The van der Waals surface area contributed by atoms with Gasteiger partial charge in [0.1, 0.15) is 12.1 Å². The summed E-state index contributed by atoms with van der Waals surface area (Å²) in [7, 11) is 0. The Kier molecular flexibility index (Phi) is 13.1. The molecule has 0 aromatic rings. The van der Waals surface area contributed by atoms with E-state index >= 15 is 0 Å². The zero-order valence-corrected chi connectivity index (χ0v) is 18.0. The SMILES string of the molecule is CCCCC/C=C\C/C=C\C/C=C/CCCCC(=O)N[C@H]1C(=O)O[C@@H](C)[C@@H]1C. The van der Waals surface area contributed by atoms with E-state index < -0.39 is 6.04 Å². The Bertz CT molecular complexity index is 536. The molecule has 1 fully saturated rings. The molecule has 0 bridgehead atoms. The molecule has 4 heteroatoms. The summed E-state index contributed by atoms with van der Waals surface area (Å²) in [5.41, 5.74) is 0. The van der Waals surface area contributed by atoms with Crippen molar-refractivity contribution in [2.45, 2.75) is 97.1 Å². The molecule has 0 aliphatic carbocycles. The van der Waals surface area contributed by atoms with Gasteiger partial charge >= 0.3 is 5.97 Å². The first-order chi connectivity index (χ1) is 13.6. The first kappa shape index (κ1) is 24.2. The number of cyclic esters (lactones) is 1. The third kappa shape index (κ3) is 10.5. The van der Waals surface area contributed by atoms with Crippen molar-refractivity contribution in [1.29, 1.82) is 0 Å². The highest BCUT2D eigenvalue weighted by molar-refractivity contribution is 5.86. The Morgan fingerprint density at radius 3 is 2.04 bits per heavy atom. The summed E-state index contributed by atoms with van der Waals surface area (Å²) in [6.45, 7) is 6.03. The van der Waals surface area contributed by atoms with Crippen LogP contribution in [0.25, 0.3) is 0 Å². The maximum Gasteiger partial charge on any atom is 0.329 e. The molecule has 1 N–H and O–H groups in total. The van der Waals surface area contributed by atoms with E-state index in [0.717, 1.165) is 32.1 Å². The lowest BCUT2D eigenvalue weighted by molar-refractivity contribution is -0.143. The van der Waals surface area contributed by atoms with Gasteiger partial charge in [0.15, 0.2) is 0 Å². The van der Waals surface area contributed by atoms with Crippen molar-refractivity contribution in [2.24, 2.45) is 5.92 Å². The summed E-state index contributed by atoms with van der Waals surface area (Å²) in [4.78, 5) is 23.7. The van der Waals surface area contributed by atoms with Crippen molar-refractivity contribution in [1.82, 2.24) is 5.32 Å². The minimum Gasteiger partial charge on any atom is -0.461 e.